The van der Waals surface area contributed by atoms with Crippen molar-refractivity contribution >= 4 is 11.7 Å². The predicted octanol–water partition coefficient (Wildman–Crippen LogP) is 4.29. The van der Waals surface area contributed by atoms with E-state index in [0.29, 0.717) is 30.8 Å². The molecule has 148 valence electrons. The van der Waals surface area contributed by atoms with Crippen molar-refractivity contribution < 1.29 is 4.79 Å². The predicted molar refractivity (Wildman–Crippen MR) is 115 cm³/mol. The fourth-order valence-electron chi connectivity index (χ4n) is 4.00. The Morgan fingerprint density at radius 2 is 1.82 bits per heavy atom. The highest BCUT2D eigenvalue weighted by Gasteiger charge is 2.29. The first-order valence-corrected chi connectivity index (χ1v) is 10.2. The first kappa shape index (κ1) is 20.1. The van der Waals surface area contributed by atoms with Crippen LogP contribution < -0.4 is 5.73 Å². The molecule has 2 aromatic carbocycles. The molecule has 0 aliphatic carbocycles. The molecule has 1 heterocycles. The third kappa shape index (κ3) is 5.44. The molecule has 1 amide bonds. The maximum Gasteiger partial charge on any atom is 0.254 e. The summed E-state index contributed by atoms with van der Waals surface area (Å²) in [6, 6.07) is 18.3. The van der Waals surface area contributed by atoms with E-state index in [1.165, 1.54) is 5.56 Å². The summed E-state index contributed by atoms with van der Waals surface area (Å²) < 4.78 is 0. The molecule has 0 saturated heterocycles. The molecule has 0 unspecified atom stereocenters. The summed E-state index contributed by atoms with van der Waals surface area (Å²) in [5.74, 6) is 1.73. The molecule has 1 atom stereocenters. The molecule has 1 aliphatic rings. The average Bonchev–Trinajstić information content (AvgIpc) is 2.98. The number of nitrogens with zero attached hydrogens (tertiary/aromatic N) is 2. The van der Waals surface area contributed by atoms with E-state index in [2.05, 4.69) is 31.0 Å². The molecule has 0 spiro atoms. The Hall–Kier alpha value is -2.62. The highest BCUT2D eigenvalue weighted by atomic mass is 16.2. The Bertz CT molecular complexity index is 814. The molecule has 0 fully saturated rings. The number of rotatable bonds is 9. The number of nitrogens with two attached hydrogens (primary N) is 1. The van der Waals surface area contributed by atoms with E-state index < -0.39 is 0 Å². The van der Waals surface area contributed by atoms with Gasteiger partial charge in [-0.1, -0.05) is 62.4 Å². The van der Waals surface area contributed by atoms with E-state index in [0.717, 1.165) is 36.9 Å². The van der Waals surface area contributed by atoms with E-state index in [1.807, 2.05) is 47.4 Å². The molecular weight excluding hydrogens is 346 g/mol. The number of hydrogen-bond acceptors (Lipinski definition) is 2. The molecule has 0 radical (unpaired) electrons. The molecule has 0 bridgehead atoms. The third-order valence-electron chi connectivity index (χ3n) is 5.24. The van der Waals surface area contributed by atoms with Crippen LogP contribution in [-0.2, 0) is 13.0 Å². The lowest BCUT2D eigenvalue weighted by Crippen LogP contribution is -2.33. The first-order valence-electron chi connectivity index (χ1n) is 10.2. The minimum absolute atomic E-state index is 0.143. The number of carbonyl (C=O) groups excluding carboxylic acids is 1. The summed E-state index contributed by atoms with van der Waals surface area (Å²) in [6.07, 6.45) is 2.68. The van der Waals surface area contributed by atoms with E-state index in [-0.39, 0.29) is 5.91 Å². The van der Waals surface area contributed by atoms with Crippen molar-refractivity contribution in [2.24, 2.45) is 22.6 Å². The van der Waals surface area contributed by atoms with Crippen molar-refractivity contribution in [1.29, 1.82) is 0 Å². The van der Waals surface area contributed by atoms with Crippen LogP contribution in [-0.4, -0.2) is 29.7 Å². The number of fused-ring (bicyclic) bond motifs is 1. The summed E-state index contributed by atoms with van der Waals surface area (Å²) >= 11 is 0. The molecule has 3 rings (SSSR count). The Morgan fingerprint density at radius 1 is 1.11 bits per heavy atom. The SMILES string of the molecule is CC(C)C[C@@H](CC(N)=NCCc1ccccc1)CN1Cc2ccccc2C1=O. The highest BCUT2D eigenvalue weighted by molar-refractivity contribution is 5.98. The van der Waals surface area contributed by atoms with Crippen molar-refractivity contribution in [3.05, 3.63) is 71.3 Å². The van der Waals surface area contributed by atoms with Gasteiger partial charge in [-0.25, -0.2) is 0 Å². The second kappa shape index (κ2) is 9.54. The molecule has 4 nitrogen and oxygen atoms in total. The standard InChI is InChI=1S/C24H31N3O/c1-18(2)14-20(15-23(25)26-13-12-19-8-4-3-5-9-19)16-27-17-21-10-6-7-11-22(21)24(27)28/h3-11,18,20H,12-17H2,1-2H3,(H2,25,26)/t20-/m0/s1. The van der Waals surface area contributed by atoms with Gasteiger partial charge < -0.3 is 10.6 Å². The van der Waals surface area contributed by atoms with Gasteiger partial charge >= 0.3 is 0 Å². The molecule has 28 heavy (non-hydrogen) atoms. The highest BCUT2D eigenvalue weighted by Crippen LogP contribution is 2.26. The number of hydrogen-bond donors (Lipinski definition) is 1. The lowest BCUT2D eigenvalue weighted by molar-refractivity contribution is 0.0746. The number of amides is 1. The molecule has 2 aromatic rings. The van der Waals surface area contributed by atoms with Crippen LogP contribution in [0.5, 0.6) is 0 Å². The number of aliphatic imine (C=N–C) groups is 1. The molecular formula is C24H31N3O. The topological polar surface area (TPSA) is 58.7 Å². The number of benzene rings is 2. The Labute approximate surface area is 168 Å². The van der Waals surface area contributed by atoms with Gasteiger partial charge in [0.1, 0.15) is 0 Å². The molecule has 4 heteroatoms. The van der Waals surface area contributed by atoms with Gasteiger partial charge in [0.15, 0.2) is 0 Å². The lowest BCUT2D eigenvalue weighted by Gasteiger charge is -2.25. The largest absolute Gasteiger partial charge is 0.387 e. The summed E-state index contributed by atoms with van der Waals surface area (Å²) in [7, 11) is 0. The van der Waals surface area contributed by atoms with Gasteiger partial charge in [0.25, 0.3) is 5.91 Å². The fourth-order valence-corrected chi connectivity index (χ4v) is 4.00. The van der Waals surface area contributed by atoms with Gasteiger partial charge in [-0.05, 0) is 41.9 Å². The Kier molecular flexibility index (Phi) is 6.85. The van der Waals surface area contributed by atoms with Crippen LogP contribution in [0, 0.1) is 11.8 Å². The lowest BCUT2D eigenvalue weighted by atomic mass is 9.93. The number of amidine groups is 1. The normalized spacial score (nSPS) is 15.2. The van der Waals surface area contributed by atoms with Crippen LogP contribution in [0.2, 0.25) is 0 Å². The minimum atomic E-state index is 0.143. The van der Waals surface area contributed by atoms with Crippen molar-refractivity contribution in [3.8, 4) is 0 Å². The zero-order valence-electron chi connectivity index (χ0n) is 17.0. The van der Waals surface area contributed by atoms with Crippen molar-refractivity contribution in [2.75, 3.05) is 13.1 Å². The monoisotopic (exact) mass is 377 g/mol. The maximum atomic E-state index is 12.7. The van der Waals surface area contributed by atoms with Gasteiger partial charge in [-0.15, -0.1) is 0 Å². The van der Waals surface area contributed by atoms with Crippen molar-refractivity contribution in [1.82, 2.24) is 4.90 Å². The van der Waals surface area contributed by atoms with Gasteiger partial charge in [0.05, 0.1) is 5.84 Å². The maximum absolute atomic E-state index is 12.7. The molecule has 0 aromatic heterocycles. The van der Waals surface area contributed by atoms with Crippen molar-refractivity contribution in [2.45, 2.75) is 39.7 Å². The minimum Gasteiger partial charge on any atom is -0.387 e. The first-order chi connectivity index (χ1) is 13.5. The zero-order valence-corrected chi connectivity index (χ0v) is 17.0. The Morgan fingerprint density at radius 3 is 2.54 bits per heavy atom. The second-order valence-corrected chi connectivity index (χ2v) is 8.15. The van der Waals surface area contributed by atoms with E-state index in [1.54, 1.807) is 0 Å². The third-order valence-corrected chi connectivity index (χ3v) is 5.24. The second-order valence-electron chi connectivity index (χ2n) is 8.15. The van der Waals surface area contributed by atoms with E-state index in [9.17, 15) is 4.79 Å². The van der Waals surface area contributed by atoms with Gasteiger partial charge in [0, 0.05) is 31.6 Å². The quantitative estimate of drug-likeness (QED) is 0.523. The smallest absolute Gasteiger partial charge is 0.254 e. The van der Waals surface area contributed by atoms with Gasteiger partial charge in [-0.2, -0.15) is 0 Å². The molecule has 0 saturated carbocycles. The number of carbonyl (C=O) groups is 1. The van der Waals surface area contributed by atoms with Crippen LogP contribution in [0.4, 0.5) is 0 Å². The van der Waals surface area contributed by atoms with Gasteiger partial charge in [-0.3, -0.25) is 9.79 Å². The van der Waals surface area contributed by atoms with E-state index >= 15 is 0 Å². The van der Waals surface area contributed by atoms with Crippen LogP contribution >= 0.6 is 0 Å². The fraction of sp³-hybridized carbons (Fsp3) is 0.417. The summed E-state index contributed by atoms with van der Waals surface area (Å²) in [4.78, 5) is 19.3. The van der Waals surface area contributed by atoms with E-state index in [4.69, 9.17) is 5.73 Å². The average molecular weight is 378 g/mol. The molecule has 2 N–H and O–H groups in total. The van der Waals surface area contributed by atoms with Gasteiger partial charge in [0.2, 0.25) is 0 Å². The van der Waals surface area contributed by atoms with Crippen LogP contribution in [0.25, 0.3) is 0 Å². The summed E-state index contributed by atoms with van der Waals surface area (Å²) in [5.41, 5.74) is 9.50. The summed E-state index contributed by atoms with van der Waals surface area (Å²) in [5, 5.41) is 0. The summed E-state index contributed by atoms with van der Waals surface area (Å²) in [6.45, 7) is 6.58. The van der Waals surface area contributed by atoms with Crippen LogP contribution in [0.3, 0.4) is 0 Å². The van der Waals surface area contributed by atoms with Crippen LogP contribution in [0.1, 0.15) is 48.2 Å². The zero-order chi connectivity index (χ0) is 19.9. The van der Waals surface area contributed by atoms with Crippen molar-refractivity contribution in [3.63, 3.8) is 0 Å². The van der Waals surface area contributed by atoms with Crippen LogP contribution in [0.15, 0.2) is 59.6 Å². The molecule has 1 aliphatic heterocycles. The Balaban J connectivity index is 1.57.